The smallest absolute Gasteiger partial charge is 0.309 e. The second-order valence-corrected chi connectivity index (χ2v) is 5.67. The van der Waals surface area contributed by atoms with Gasteiger partial charge in [0.2, 0.25) is 0 Å². The predicted molar refractivity (Wildman–Crippen MR) is 60.2 cm³/mol. The molecular weight excluding hydrogens is 244 g/mol. The maximum Gasteiger partial charge on any atom is 0.309 e. The highest BCUT2D eigenvalue weighted by atomic mass is 79.9. The number of carbonyl (C=O) groups excluding carboxylic acids is 1. The monoisotopic (exact) mass is 260 g/mol. The minimum atomic E-state index is -0.366. The summed E-state index contributed by atoms with van der Waals surface area (Å²) in [6.07, 6.45) is 4.71. The van der Waals surface area contributed by atoms with Crippen LogP contribution in [0.2, 0.25) is 0 Å². The number of hydrogen-bond donors (Lipinski definition) is 0. The van der Waals surface area contributed by atoms with Gasteiger partial charge >= 0.3 is 5.97 Å². The molecule has 1 aliphatic rings. The van der Waals surface area contributed by atoms with E-state index in [1.165, 1.54) is 4.48 Å². The number of rotatable bonds is 1. The zero-order valence-corrected chi connectivity index (χ0v) is 10.6. The Kier molecular flexibility index (Phi) is 3.76. The lowest BCUT2D eigenvalue weighted by atomic mass is 9.94. The minimum absolute atomic E-state index is 0.0514. The van der Waals surface area contributed by atoms with Crippen molar-refractivity contribution in [1.29, 1.82) is 0 Å². The minimum Gasteiger partial charge on any atom is -0.460 e. The Morgan fingerprint density at radius 1 is 1.57 bits per heavy atom. The molecule has 0 saturated carbocycles. The van der Waals surface area contributed by atoms with Crippen LogP contribution in [-0.2, 0) is 9.53 Å². The van der Waals surface area contributed by atoms with Gasteiger partial charge in [0, 0.05) is 0 Å². The van der Waals surface area contributed by atoms with Gasteiger partial charge in [-0.3, -0.25) is 4.79 Å². The second-order valence-electron chi connectivity index (χ2n) is 4.66. The fourth-order valence-electron chi connectivity index (χ4n) is 1.40. The van der Waals surface area contributed by atoms with E-state index < -0.39 is 0 Å². The summed E-state index contributed by atoms with van der Waals surface area (Å²) in [5, 5.41) is 0. The van der Waals surface area contributed by atoms with E-state index >= 15 is 0 Å². The van der Waals surface area contributed by atoms with E-state index in [1.54, 1.807) is 0 Å². The molecule has 1 aliphatic carbocycles. The second kappa shape index (κ2) is 4.47. The summed E-state index contributed by atoms with van der Waals surface area (Å²) in [5.41, 5.74) is -0.366. The number of carbonyl (C=O) groups is 1. The molecule has 0 aromatic rings. The summed E-state index contributed by atoms with van der Waals surface area (Å²) in [7, 11) is 0. The average molecular weight is 261 g/mol. The molecule has 0 amide bonds. The van der Waals surface area contributed by atoms with Gasteiger partial charge in [0.05, 0.1) is 5.92 Å². The number of ether oxygens (including phenoxy) is 1. The maximum absolute atomic E-state index is 11.7. The van der Waals surface area contributed by atoms with Gasteiger partial charge in [0.1, 0.15) is 5.60 Å². The third kappa shape index (κ3) is 3.82. The fourth-order valence-corrected chi connectivity index (χ4v) is 1.82. The highest BCUT2D eigenvalue weighted by molar-refractivity contribution is 9.11. The van der Waals surface area contributed by atoms with Gasteiger partial charge in [0.25, 0.3) is 0 Å². The van der Waals surface area contributed by atoms with Crippen molar-refractivity contribution in [2.45, 2.75) is 45.6 Å². The van der Waals surface area contributed by atoms with Crippen LogP contribution in [-0.4, -0.2) is 11.6 Å². The van der Waals surface area contributed by atoms with Crippen molar-refractivity contribution in [3.8, 4) is 0 Å². The maximum atomic E-state index is 11.7. The Bertz CT molecular complexity index is 251. The van der Waals surface area contributed by atoms with Crippen LogP contribution in [0.4, 0.5) is 0 Å². The molecule has 0 bridgehead atoms. The Morgan fingerprint density at radius 2 is 2.21 bits per heavy atom. The van der Waals surface area contributed by atoms with Gasteiger partial charge in [-0.25, -0.2) is 0 Å². The summed E-state index contributed by atoms with van der Waals surface area (Å²) in [4.78, 5) is 11.7. The molecule has 2 nitrogen and oxygen atoms in total. The first kappa shape index (κ1) is 11.8. The van der Waals surface area contributed by atoms with Crippen molar-refractivity contribution in [3.05, 3.63) is 10.6 Å². The zero-order valence-electron chi connectivity index (χ0n) is 8.97. The van der Waals surface area contributed by atoms with E-state index in [4.69, 9.17) is 4.74 Å². The van der Waals surface area contributed by atoms with Crippen LogP contribution < -0.4 is 0 Å². The van der Waals surface area contributed by atoms with Crippen LogP contribution in [0.1, 0.15) is 40.0 Å². The summed E-state index contributed by atoms with van der Waals surface area (Å²) in [6, 6.07) is 0. The quantitative estimate of drug-likeness (QED) is 0.676. The third-order valence-corrected chi connectivity index (χ3v) is 2.82. The van der Waals surface area contributed by atoms with Gasteiger partial charge < -0.3 is 4.74 Å². The van der Waals surface area contributed by atoms with Crippen molar-refractivity contribution in [3.63, 3.8) is 0 Å². The molecule has 1 rings (SSSR count). The first-order valence-corrected chi connectivity index (χ1v) is 5.75. The lowest BCUT2D eigenvalue weighted by Crippen LogP contribution is -2.29. The molecule has 0 N–H and O–H groups in total. The average Bonchev–Trinajstić information content (AvgIpc) is 2.02. The van der Waals surface area contributed by atoms with E-state index in [0.29, 0.717) is 0 Å². The standard InChI is InChI=1S/C11H17BrO2/c1-11(2,3)14-10(13)8-4-6-9(12)7-5-8/h6,8H,4-5,7H2,1-3H3. The van der Waals surface area contributed by atoms with Crippen LogP contribution in [0.15, 0.2) is 10.6 Å². The molecule has 1 atom stereocenters. The molecule has 3 heteroatoms. The number of allylic oxidation sites excluding steroid dienone is 2. The van der Waals surface area contributed by atoms with Crippen molar-refractivity contribution in [1.82, 2.24) is 0 Å². The van der Waals surface area contributed by atoms with Crippen LogP contribution in [0.3, 0.4) is 0 Å². The van der Waals surface area contributed by atoms with Crippen LogP contribution >= 0.6 is 15.9 Å². The summed E-state index contributed by atoms with van der Waals surface area (Å²) < 4.78 is 6.53. The Labute approximate surface area is 93.8 Å². The first-order chi connectivity index (χ1) is 6.38. The molecule has 0 fully saturated rings. The highest BCUT2D eigenvalue weighted by Gasteiger charge is 2.26. The molecule has 0 aromatic heterocycles. The molecule has 0 spiro atoms. The van der Waals surface area contributed by atoms with E-state index in [1.807, 2.05) is 20.8 Å². The van der Waals surface area contributed by atoms with E-state index in [-0.39, 0.29) is 17.5 Å². The van der Waals surface area contributed by atoms with Gasteiger partial charge in [-0.05, 0) is 44.5 Å². The molecule has 0 aliphatic heterocycles. The zero-order chi connectivity index (χ0) is 10.8. The first-order valence-electron chi connectivity index (χ1n) is 4.96. The van der Waals surface area contributed by atoms with E-state index in [9.17, 15) is 4.79 Å². The predicted octanol–water partition coefficient (Wildman–Crippen LogP) is 3.41. The Morgan fingerprint density at radius 3 is 2.64 bits per heavy atom. The van der Waals surface area contributed by atoms with E-state index in [2.05, 4.69) is 22.0 Å². The van der Waals surface area contributed by atoms with Crippen molar-refractivity contribution >= 4 is 21.9 Å². The lowest BCUT2D eigenvalue weighted by Gasteiger charge is -2.25. The SMILES string of the molecule is CC(C)(C)OC(=O)C1CC=C(Br)CC1. The van der Waals surface area contributed by atoms with Crippen LogP contribution in [0.5, 0.6) is 0 Å². The van der Waals surface area contributed by atoms with Gasteiger partial charge in [-0.1, -0.05) is 22.0 Å². The normalized spacial score (nSPS) is 22.9. The number of hydrogen-bond acceptors (Lipinski definition) is 2. The largest absolute Gasteiger partial charge is 0.460 e. The van der Waals surface area contributed by atoms with Crippen molar-refractivity contribution in [2.24, 2.45) is 5.92 Å². The molecule has 0 saturated heterocycles. The van der Waals surface area contributed by atoms with Gasteiger partial charge in [0.15, 0.2) is 0 Å². The van der Waals surface area contributed by atoms with Gasteiger partial charge in [-0.15, -0.1) is 0 Å². The molecule has 14 heavy (non-hydrogen) atoms. The molecule has 80 valence electrons. The summed E-state index contributed by atoms with van der Waals surface area (Å²) in [6.45, 7) is 5.71. The molecule has 0 radical (unpaired) electrons. The molecule has 1 unspecified atom stereocenters. The lowest BCUT2D eigenvalue weighted by molar-refractivity contribution is -0.160. The number of esters is 1. The summed E-state index contributed by atoms with van der Waals surface area (Å²) in [5.74, 6) is -0.00993. The molecule has 0 aromatic carbocycles. The van der Waals surface area contributed by atoms with Gasteiger partial charge in [-0.2, -0.15) is 0 Å². The topological polar surface area (TPSA) is 26.3 Å². The van der Waals surface area contributed by atoms with Crippen molar-refractivity contribution < 1.29 is 9.53 Å². The summed E-state index contributed by atoms with van der Waals surface area (Å²) >= 11 is 3.44. The fraction of sp³-hybridized carbons (Fsp3) is 0.727. The number of halogens is 1. The van der Waals surface area contributed by atoms with Crippen LogP contribution in [0, 0.1) is 5.92 Å². The Balaban J connectivity index is 2.47. The van der Waals surface area contributed by atoms with E-state index in [0.717, 1.165) is 19.3 Å². The molecule has 0 heterocycles. The highest BCUT2D eigenvalue weighted by Crippen LogP contribution is 2.28. The third-order valence-electron chi connectivity index (χ3n) is 2.10. The van der Waals surface area contributed by atoms with Crippen molar-refractivity contribution in [2.75, 3.05) is 0 Å². The molecular formula is C11H17BrO2. The van der Waals surface area contributed by atoms with Crippen LogP contribution in [0.25, 0.3) is 0 Å². The Hall–Kier alpha value is -0.310.